The Labute approximate surface area is 183 Å². The summed E-state index contributed by atoms with van der Waals surface area (Å²) in [6, 6.07) is 4.53. The number of hydrogen-bond acceptors (Lipinski definition) is 9. The smallest absolute Gasteiger partial charge is 0.418 e. The molecule has 7 N–H and O–H groups in total. The maximum absolute atomic E-state index is 13.3. The van der Waals surface area contributed by atoms with Crippen LogP contribution in [0.25, 0.3) is 10.8 Å². The largest absolute Gasteiger partial charge is 0.507 e. The van der Waals surface area contributed by atoms with Crippen molar-refractivity contribution in [1.29, 1.82) is 0 Å². The number of fused-ring (bicyclic) bond motifs is 1. The second kappa shape index (κ2) is 7.84. The topological polar surface area (TPSA) is 206 Å². The maximum atomic E-state index is 13.3. The quantitative estimate of drug-likeness (QED) is 0.199. The van der Waals surface area contributed by atoms with Crippen LogP contribution < -0.4 is 11.5 Å². The van der Waals surface area contributed by atoms with E-state index in [1.807, 2.05) is 0 Å². The second-order valence-electron chi connectivity index (χ2n) is 6.60. The molecule has 0 radical (unpaired) electrons. The molecule has 0 aliphatic rings. The molecule has 0 atom stereocenters. The van der Waals surface area contributed by atoms with Gasteiger partial charge in [-0.15, -0.1) is 10.2 Å². The molecule has 3 aromatic rings. The van der Waals surface area contributed by atoms with E-state index in [2.05, 4.69) is 10.2 Å². The minimum Gasteiger partial charge on any atom is -0.507 e. The maximum Gasteiger partial charge on any atom is 0.418 e. The van der Waals surface area contributed by atoms with Gasteiger partial charge in [0.1, 0.15) is 16.3 Å². The molecular weight excluding hydrogens is 493 g/mol. The molecule has 3 rings (SSSR count). The molecular formula is C17H13F3N4O7S2. The number of nitrogen functional groups attached to an aromatic ring is 2. The van der Waals surface area contributed by atoms with Crippen molar-refractivity contribution in [3.63, 3.8) is 0 Å². The van der Waals surface area contributed by atoms with Crippen LogP contribution in [0.5, 0.6) is 5.75 Å². The van der Waals surface area contributed by atoms with Crippen molar-refractivity contribution in [2.45, 2.75) is 16.0 Å². The summed E-state index contributed by atoms with van der Waals surface area (Å²) in [4.78, 5) is -1.84. The number of nitrogens with two attached hydrogens (primary N) is 2. The fraction of sp³-hybridized carbons (Fsp3) is 0.0588. The Kier molecular flexibility index (Phi) is 5.74. The third-order valence-electron chi connectivity index (χ3n) is 4.33. The number of phenolic OH excluding ortho intramolecular Hbond substituents is 1. The Balaban J connectivity index is 2.39. The number of benzene rings is 3. The van der Waals surface area contributed by atoms with Gasteiger partial charge >= 0.3 is 6.18 Å². The molecule has 0 aliphatic heterocycles. The first kappa shape index (κ1) is 24.2. The zero-order valence-corrected chi connectivity index (χ0v) is 17.6. The molecule has 11 nitrogen and oxygen atoms in total. The Morgan fingerprint density at radius 2 is 1.52 bits per heavy atom. The van der Waals surface area contributed by atoms with Crippen molar-refractivity contribution >= 4 is 53.8 Å². The van der Waals surface area contributed by atoms with Gasteiger partial charge in [-0.25, -0.2) is 0 Å². The summed E-state index contributed by atoms with van der Waals surface area (Å²) in [6.45, 7) is 0. The van der Waals surface area contributed by atoms with Gasteiger partial charge in [-0.1, -0.05) is 0 Å². The number of aromatic hydroxyl groups is 1. The van der Waals surface area contributed by atoms with Gasteiger partial charge in [0, 0.05) is 11.8 Å². The van der Waals surface area contributed by atoms with E-state index in [-0.39, 0.29) is 5.69 Å². The fourth-order valence-electron chi connectivity index (χ4n) is 2.90. The van der Waals surface area contributed by atoms with E-state index in [0.29, 0.717) is 18.2 Å². The lowest BCUT2D eigenvalue weighted by Crippen LogP contribution is -2.06. The molecule has 0 bridgehead atoms. The van der Waals surface area contributed by atoms with E-state index in [1.165, 1.54) is 0 Å². The fourth-order valence-corrected chi connectivity index (χ4v) is 4.09. The van der Waals surface area contributed by atoms with Crippen molar-refractivity contribution in [2.75, 3.05) is 11.5 Å². The SMILES string of the molecule is Nc1ccc(N=Nc2c(N)c(S(=O)(=O)O)cc3cc(S(=O)(=O)O)cc(O)c23)c(C(F)(F)F)c1. The van der Waals surface area contributed by atoms with Crippen molar-refractivity contribution < 1.29 is 44.2 Å². The molecule has 16 heteroatoms. The number of phenols is 1. The van der Waals surface area contributed by atoms with E-state index in [9.17, 15) is 44.2 Å². The zero-order chi connectivity index (χ0) is 24.9. The van der Waals surface area contributed by atoms with Crippen LogP contribution >= 0.6 is 0 Å². The molecule has 0 saturated carbocycles. The minimum atomic E-state index is -5.05. The Morgan fingerprint density at radius 1 is 0.879 bits per heavy atom. The minimum absolute atomic E-state index is 0.227. The van der Waals surface area contributed by atoms with Crippen molar-refractivity contribution in [3.05, 3.63) is 42.0 Å². The zero-order valence-electron chi connectivity index (χ0n) is 15.9. The molecule has 0 aromatic heterocycles. The Hall–Kier alpha value is -3.47. The van der Waals surface area contributed by atoms with Gasteiger partial charge in [-0.3, -0.25) is 9.11 Å². The van der Waals surface area contributed by atoms with Gasteiger partial charge in [0.25, 0.3) is 20.2 Å². The van der Waals surface area contributed by atoms with Crippen molar-refractivity contribution in [3.8, 4) is 5.75 Å². The molecule has 0 unspecified atom stereocenters. The molecule has 0 amide bonds. The lowest BCUT2D eigenvalue weighted by Gasteiger charge is -2.13. The summed E-state index contributed by atoms with van der Waals surface area (Å²) in [5, 5.41) is 16.5. The highest BCUT2D eigenvalue weighted by Gasteiger charge is 2.34. The predicted octanol–water partition coefficient (Wildman–Crippen LogP) is 3.64. The number of nitrogens with zero attached hydrogens (tertiary/aromatic N) is 2. The van der Waals surface area contributed by atoms with E-state index in [4.69, 9.17) is 11.5 Å². The molecule has 0 heterocycles. The number of halogens is 3. The average Bonchev–Trinajstić information content (AvgIpc) is 2.65. The highest BCUT2D eigenvalue weighted by molar-refractivity contribution is 7.86. The van der Waals surface area contributed by atoms with Gasteiger partial charge in [-0.2, -0.15) is 30.0 Å². The number of azo groups is 1. The molecule has 0 aliphatic carbocycles. The van der Waals surface area contributed by atoms with Gasteiger partial charge in [0.15, 0.2) is 0 Å². The van der Waals surface area contributed by atoms with Crippen LogP contribution in [0.2, 0.25) is 0 Å². The van der Waals surface area contributed by atoms with Crippen LogP contribution in [0.1, 0.15) is 5.56 Å². The van der Waals surface area contributed by atoms with E-state index in [1.54, 1.807) is 0 Å². The summed E-state index contributed by atoms with van der Waals surface area (Å²) in [5.74, 6) is -0.879. The van der Waals surface area contributed by atoms with Crippen LogP contribution in [-0.4, -0.2) is 31.0 Å². The highest BCUT2D eigenvalue weighted by Crippen LogP contribution is 2.44. The summed E-state index contributed by atoms with van der Waals surface area (Å²) in [7, 11) is -9.91. The predicted molar refractivity (Wildman–Crippen MR) is 110 cm³/mol. The first-order chi connectivity index (χ1) is 15.0. The Bertz CT molecular complexity index is 1540. The molecule has 0 spiro atoms. The number of hydrogen-bond donors (Lipinski definition) is 5. The first-order valence-electron chi connectivity index (χ1n) is 8.43. The van der Waals surface area contributed by atoms with Gasteiger partial charge in [0.2, 0.25) is 0 Å². The van der Waals surface area contributed by atoms with Crippen LogP contribution in [-0.2, 0) is 26.4 Å². The summed E-state index contributed by atoms with van der Waals surface area (Å²) < 4.78 is 105. The summed E-state index contributed by atoms with van der Waals surface area (Å²) >= 11 is 0. The lowest BCUT2D eigenvalue weighted by atomic mass is 10.1. The first-order valence-corrected chi connectivity index (χ1v) is 11.3. The van der Waals surface area contributed by atoms with Crippen LogP contribution in [0, 0.1) is 0 Å². The van der Waals surface area contributed by atoms with Gasteiger partial charge < -0.3 is 16.6 Å². The summed E-state index contributed by atoms with van der Waals surface area (Å²) in [5.41, 5.74) is 7.37. The molecule has 3 aromatic carbocycles. The van der Waals surface area contributed by atoms with E-state index < -0.39 is 75.4 Å². The number of anilines is 2. The monoisotopic (exact) mass is 506 g/mol. The summed E-state index contributed by atoms with van der Waals surface area (Å²) in [6.07, 6.45) is -4.89. The Morgan fingerprint density at radius 3 is 2.06 bits per heavy atom. The highest BCUT2D eigenvalue weighted by atomic mass is 32.2. The second-order valence-corrected chi connectivity index (χ2v) is 9.41. The van der Waals surface area contributed by atoms with Crippen LogP contribution in [0.3, 0.4) is 0 Å². The molecule has 33 heavy (non-hydrogen) atoms. The van der Waals surface area contributed by atoms with E-state index >= 15 is 0 Å². The molecule has 176 valence electrons. The number of rotatable bonds is 4. The van der Waals surface area contributed by atoms with Gasteiger partial charge in [-0.05, 0) is 35.7 Å². The lowest BCUT2D eigenvalue weighted by molar-refractivity contribution is -0.137. The van der Waals surface area contributed by atoms with Crippen molar-refractivity contribution in [2.24, 2.45) is 10.2 Å². The van der Waals surface area contributed by atoms with E-state index in [0.717, 1.165) is 18.2 Å². The molecule has 0 fully saturated rings. The normalized spacial score (nSPS) is 13.1. The van der Waals surface area contributed by atoms with Crippen LogP contribution in [0.4, 0.5) is 35.9 Å². The standard InChI is InChI=1S/C17H13F3N4O7S2/c18-17(19,20)10-5-8(21)1-2-11(10)23-24-16-14-7(4-13(15(16)22)33(29,30)31)3-9(6-12(14)25)32(26,27)28/h1-6,25H,21-22H2,(H,26,27,28)(H,29,30,31). The third-order valence-corrected chi connectivity index (χ3v) is 6.05. The van der Waals surface area contributed by atoms with Gasteiger partial charge in [0.05, 0.1) is 27.2 Å². The molecule has 0 saturated heterocycles. The van der Waals surface area contributed by atoms with Crippen LogP contribution in [0.15, 0.2) is 56.4 Å². The van der Waals surface area contributed by atoms with Crippen molar-refractivity contribution in [1.82, 2.24) is 0 Å². The average molecular weight is 506 g/mol. The number of alkyl halides is 3. The third kappa shape index (κ3) is 4.82.